The molecule has 0 saturated carbocycles. The van der Waals surface area contributed by atoms with E-state index in [0.29, 0.717) is 19.4 Å². The second-order valence-electron chi connectivity index (χ2n) is 21.1. The fraction of sp³-hybridized carbons (Fsp3) is 0.966. The van der Waals surface area contributed by atoms with E-state index in [-0.39, 0.29) is 30.8 Å². The van der Waals surface area contributed by atoms with Gasteiger partial charge >= 0.3 is 11.9 Å². The molecule has 0 aromatic heterocycles. The largest absolute Gasteiger partial charge is 0.462 e. The predicted molar refractivity (Wildman–Crippen MR) is 287 cm³/mol. The van der Waals surface area contributed by atoms with Crippen molar-refractivity contribution < 1.29 is 43.9 Å². The van der Waals surface area contributed by atoms with Crippen LogP contribution in [0.1, 0.15) is 297 Å². The van der Waals surface area contributed by atoms with E-state index < -0.39 is 24.6 Å². The van der Waals surface area contributed by atoms with Gasteiger partial charge in [0.1, 0.15) is 30.5 Å². The number of carbonyl (C=O) groups is 2. The van der Waals surface area contributed by atoms with E-state index in [1.165, 1.54) is 128 Å². The van der Waals surface area contributed by atoms with Crippen LogP contribution in [0.5, 0.6) is 0 Å². The predicted octanol–water partition coefficient (Wildman–Crippen LogP) is 15.0. The molecule has 4 atom stereocenters. The van der Waals surface area contributed by atoms with Crippen molar-refractivity contribution in [3.63, 3.8) is 0 Å². The smallest absolute Gasteiger partial charge is 0.306 e. The minimum absolute atomic E-state index is 0.00306. The van der Waals surface area contributed by atoms with E-state index in [1.54, 1.807) is 0 Å². The highest BCUT2D eigenvalue weighted by Gasteiger charge is 2.42. The van der Waals surface area contributed by atoms with Crippen LogP contribution in [-0.2, 0) is 28.5 Å². The number of aliphatic hydroxyl groups is 3. The molecule has 1 heterocycles. The Labute approximate surface area is 426 Å². The fourth-order valence-corrected chi connectivity index (χ4v) is 9.87. The summed E-state index contributed by atoms with van der Waals surface area (Å²) in [5, 5.41) is 29.7. The number of aliphatic hydroxyl groups excluding tert-OH is 3. The second-order valence-corrected chi connectivity index (χ2v) is 21.1. The van der Waals surface area contributed by atoms with Crippen LogP contribution < -0.4 is 0 Å². The summed E-state index contributed by atoms with van der Waals surface area (Å²) in [6.07, 6.45) is 44.1. The average molecular weight is 983 g/mol. The highest BCUT2D eigenvalue weighted by molar-refractivity contribution is 5.69. The molecular weight excluding hydrogens is 867 g/mol. The van der Waals surface area contributed by atoms with Crippen LogP contribution in [0.15, 0.2) is 0 Å². The SMILES string of the molecule is CCCCCCCCC(CCCCCCCC)OC(=O)CCCCCCCN(CCCCCCCC(=O)OC(CCCCCCCC)CCCCCCCC)CCCCO[C@@H]1O[C@H](CO)[C@@H](O)[C@H]1O. The third-order valence-corrected chi connectivity index (χ3v) is 14.5. The summed E-state index contributed by atoms with van der Waals surface area (Å²) in [7, 11) is 0. The van der Waals surface area contributed by atoms with Crippen LogP contribution in [0.4, 0.5) is 0 Å². The Bertz CT molecular complexity index is 1020. The molecule has 0 spiro atoms. The Morgan fingerprint density at radius 3 is 1.10 bits per heavy atom. The van der Waals surface area contributed by atoms with Crippen LogP contribution in [0.2, 0.25) is 0 Å². The van der Waals surface area contributed by atoms with Crippen molar-refractivity contribution in [3.05, 3.63) is 0 Å². The summed E-state index contributed by atoms with van der Waals surface area (Å²) < 4.78 is 23.4. The Hall–Kier alpha value is -1.30. The number of esters is 2. The highest BCUT2D eigenvalue weighted by Crippen LogP contribution is 2.23. The van der Waals surface area contributed by atoms with Crippen molar-refractivity contribution in [1.82, 2.24) is 4.90 Å². The molecule has 0 aliphatic carbocycles. The molecule has 0 unspecified atom stereocenters. The molecular formula is C59H115NO9. The van der Waals surface area contributed by atoms with Crippen molar-refractivity contribution in [2.75, 3.05) is 32.8 Å². The summed E-state index contributed by atoms with van der Waals surface area (Å²) in [6, 6.07) is 0. The van der Waals surface area contributed by atoms with Crippen molar-refractivity contribution in [2.45, 2.75) is 334 Å². The summed E-state index contributed by atoms with van der Waals surface area (Å²) >= 11 is 0. The number of nitrogens with zero attached hydrogens (tertiary/aromatic N) is 1. The van der Waals surface area contributed by atoms with Crippen molar-refractivity contribution >= 4 is 11.9 Å². The van der Waals surface area contributed by atoms with Crippen LogP contribution in [0, 0.1) is 0 Å². The molecule has 0 aromatic carbocycles. The average Bonchev–Trinajstić information content (AvgIpc) is 3.62. The first-order valence-corrected chi connectivity index (χ1v) is 30.1. The molecule has 69 heavy (non-hydrogen) atoms. The maximum atomic E-state index is 12.9. The van der Waals surface area contributed by atoms with Crippen LogP contribution in [-0.4, -0.2) is 102 Å². The van der Waals surface area contributed by atoms with E-state index in [0.717, 1.165) is 148 Å². The van der Waals surface area contributed by atoms with Gasteiger partial charge in [-0.1, -0.05) is 195 Å². The molecule has 0 bridgehead atoms. The number of hydrogen-bond acceptors (Lipinski definition) is 10. The van der Waals surface area contributed by atoms with Gasteiger partial charge in [0.25, 0.3) is 0 Å². The Morgan fingerprint density at radius 2 is 0.754 bits per heavy atom. The molecule has 1 fully saturated rings. The van der Waals surface area contributed by atoms with E-state index >= 15 is 0 Å². The standard InChI is InChI=1S/C59H115NO9/c1-5-9-13-17-23-31-41-52(42-32-24-18-14-10-6-2)67-55(62)45-35-27-21-29-37-47-60(49-39-40-50-66-59-58(65)57(64)54(51-61)69-59)48-38-30-22-28-36-46-56(63)68-53(43-33-25-19-15-11-7-3)44-34-26-20-16-12-8-4/h52-54,57-59,61,64-65H,5-51H2,1-4H3/t54-,57-,58-,59-/m1/s1. The molecule has 1 rings (SSSR count). The number of rotatable bonds is 53. The first-order valence-electron chi connectivity index (χ1n) is 30.1. The third-order valence-electron chi connectivity index (χ3n) is 14.5. The molecule has 1 saturated heterocycles. The van der Waals surface area contributed by atoms with Crippen LogP contribution >= 0.6 is 0 Å². The van der Waals surface area contributed by atoms with Gasteiger partial charge in [0.2, 0.25) is 0 Å². The monoisotopic (exact) mass is 982 g/mol. The number of unbranched alkanes of at least 4 members (excludes halogenated alkanes) is 29. The van der Waals surface area contributed by atoms with E-state index in [9.17, 15) is 24.9 Å². The Morgan fingerprint density at radius 1 is 0.435 bits per heavy atom. The molecule has 1 aliphatic heterocycles. The van der Waals surface area contributed by atoms with E-state index in [4.69, 9.17) is 18.9 Å². The lowest BCUT2D eigenvalue weighted by Crippen LogP contribution is -2.34. The lowest BCUT2D eigenvalue weighted by Gasteiger charge is -2.23. The van der Waals surface area contributed by atoms with Crippen molar-refractivity contribution in [2.24, 2.45) is 0 Å². The molecule has 3 N–H and O–H groups in total. The highest BCUT2D eigenvalue weighted by atomic mass is 16.7. The zero-order valence-electron chi connectivity index (χ0n) is 45.9. The normalized spacial score (nSPS) is 17.2. The summed E-state index contributed by atoms with van der Waals surface area (Å²) in [6.45, 7) is 12.1. The van der Waals surface area contributed by atoms with Crippen LogP contribution in [0.25, 0.3) is 0 Å². The maximum Gasteiger partial charge on any atom is 0.306 e. The summed E-state index contributed by atoms with van der Waals surface area (Å²) in [5.74, 6) is -0.00612. The quantitative estimate of drug-likeness (QED) is 0.0399. The minimum atomic E-state index is -1.15. The Balaban J connectivity index is 2.49. The number of hydrogen-bond donors (Lipinski definition) is 3. The topological polar surface area (TPSA) is 135 Å². The fourth-order valence-electron chi connectivity index (χ4n) is 9.87. The lowest BCUT2D eigenvalue weighted by molar-refractivity contribution is -0.169. The zero-order valence-corrected chi connectivity index (χ0v) is 45.9. The van der Waals surface area contributed by atoms with Gasteiger partial charge in [0.15, 0.2) is 6.29 Å². The first kappa shape index (κ1) is 65.7. The molecule has 10 nitrogen and oxygen atoms in total. The summed E-state index contributed by atoms with van der Waals surface area (Å²) in [5.41, 5.74) is 0. The zero-order chi connectivity index (χ0) is 50.3. The van der Waals surface area contributed by atoms with Gasteiger partial charge in [-0.15, -0.1) is 0 Å². The van der Waals surface area contributed by atoms with E-state index in [1.807, 2.05) is 0 Å². The van der Waals surface area contributed by atoms with Crippen molar-refractivity contribution in [3.8, 4) is 0 Å². The number of carbonyl (C=O) groups excluding carboxylic acids is 2. The van der Waals surface area contributed by atoms with Gasteiger partial charge in [-0.3, -0.25) is 9.59 Å². The summed E-state index contributed by atoms with van der Waals surface area (Å²) in [4.78, 5) is 28.5. The molecule has 1 aliphatic rings. The molecule has 0 radical (unpaired) electrons. The van der Waals surface area contributed by atoms with Gasteiger partial charge < -0.3 is 39.2 Å². The molecule has 10 heteroatoms. The minimum Gasteiger partial charge on any atom is -0.462 e. The molecule has 410 valence electrons. The lowest BCUT2D eigenvalue weighted by atomic mass is 10.0. The molecule has 0 amide bonds. The second kappa shape index (κ2) is 48.9. The number of ether oxygens (including phenoxy) is 4. The Kier molecular flexibility index (Phi) is 46.6. The molecule has 0 aromatic rings. The van der Waals surface area contributed by atoms with Gasteiger partial charge in [0, 0.05) is 19.4 Å². The van der Waals surface area contributed by atoms with Crippen LogP contribution in [0.3, 0.4) is 0 Å². The van der Waals surface area contributed by atoms with E-state index in [2.05, 4.69) is 32.6 Å². The first-order chi connectivity index (χ1) is 33.8. The van der Waals surface area contributed by atoms with Gasteiger partial charge in [-0.2, -0.15) is 0 Å². The van der Waals surface area contributed by atoms with Crippen molar-refractivity contribution in [1.29, 1.82) is 0 Å². The van der Waals surface area contributed by atoms with Gasteiger partial charge in [-0.25, -0.2) is 0 Å². The van der Waals surface area contributed by atoms with Gasteiger partial charge in [0.05, 0.1) is 6.61 Å². The maximum absolute atomic E-state index is 12.9. The third kappa shape index (κ3) is 38.9. The van der Waals surface area contributed by atoms with Gasteiger partial charge in [-0.05, 0) is 110 Å².